The quantitative estimate of drug-likeness (QED) is 0.548. The molecule has 1 fully saturated rings. The first-order valence-corrected chi connectivity index (χ1v) is 3.58. The van der Waals surface area contributed by atoms with Gasteiger partial charge in [-0.1, -0.05) is 6.92 Å². The topological polar surface area (TPSA) is 3.24 Å². The van der Waals surface area contributed by atoms with Crippen molar-refractivity contribution in [2.24, 2.45) is 0 Å². The molecule has 0 amide bonds. The maximum absolute atomic E-state index is 12.2. The highest BCUT2D eigenvalue weighted by atomic mass is 19.1. The Bertz CT molecular complexity index is 88.9. The van der Waals surface area contributed by atoms with Gasteiger partial charge >= 0.3 is 0 Å². The third kappa shape index (κ3) is 1.42. The van der Waals surface area contributed by atoms with Crippen molar-refractivity contribution in [3.8, 4) is 0 Å². The molecular weight excluding hydrogens is 117 g/mol. The molecule has 0 atom stereocenters. The first-order chi connectivity index (χ1) is 4.24. The maximum atomic E-state index is 12.2. The molecule has 0 aromatic carbocycles. The minimum absolute atomic E-state index is 0.510. The van der Waals surface area contributed by atoms with E-state index in [9.17, 15) is 4.39 Å². The zero-order chi connectivity index (χ0) is 6.85. The lowest BCUT2D eigenvalue weighted by Gasteiger charge is -2.36. The summed E-state index contributed by atoms with van der Waals surface area (Å²) in [5.41, 5.74) is 0. The molecule has 0 unspecified atom stereocenters. The van der Waals surface area contributed by atoms with Crippen molar-refractivity contribution in [2.75, 3.05) is 13.6 Å². The molecular formula is C7H14FN. The minimum atomic E-state index is -0.510. The van der Waals surface area contributed by atoms with E-state index in [4.69, 9.17) is 0 Å². The number of halogens is 1. The zero-order valence-corrected chi connectivity index (χ0v) is 6.10. The normalized spacial score (nSPS) is 34.7. The molecule has 0 aromatic heterocycles. The van der Waals surface area contributed by atoms with Gasteiger partial charge in [-0.3, -0.25) is 0 Å². The molecule has 1 aliphatic rings. The van der Waals surface area contributed by atoms with Gasteiger partial charge in [0.15, 0.2) is 0 Å². The van der Waals surface area contributed by atoms with Gasteiger partial charge in [-0.15, -0.1) is 0 Å². The molecule has 9 heavy (non-hydrogen) atoms. The Labute approximate surface area is 55.8 Å². The van der Waals surface area contributed by atoms with Crippen LogP contribution in [0.5, 0.6) is 0 Å². The van der Waals surface area contributed by atoms with E-state index in [1.54, 1.807) is 0 Å². The predicted octanol–water partition coefficient (Wildman–Crippen LogP) is 1.44. The van der Waals surface area contributed by atoms with E-state index in [0.29, 0.717) is 6.04 Å². The molecule has 1 rings (SSSR count). The number of nitrogens with zero attached hydrogens (tertiary/aromatic N) is 1. The van der Waals surface area contributed by atoms with Gasteiger partial charge in [0.05, 0.1) is 0 Å². The first-order valence-electron chi connectivity index (χ1n) is 3.58. The summed E-state index contributed by atoms with van der Waals surface area (Å²) in [7, 11) is 2.05. The average Bonchev–Trinajstić information content (AvgIpc) is 1.79. The van der Waals surface area contributed by atoms with Crippen LogP contribution in [-0.2, 0) is 0 Å². The third-order valence-corrected chi connectivity index (χ3v) is 2.18. The van der Waals surface area contributed by atoms with E-state index in [1.165, 1.54) is 0 Å². The summed E-state index contributed by atoms with van der Waals surface area (Å²) in [4.78, 5) is 2.20. The summed E-state index contributed by atoms with van der Waals surface area (Å²) in [6, 6.07) is 0.532. The maximum Gasteiger partial charge on any atom is 0.103 e. The Morgan fingerprint density at radius 2 is 2.11 bits per heavy atom. The van der Waals surface area contributed by atoms with E-state index >= 15 is 0 Å². The van der Waals surface area contributed by atoms with Crippen LogP contribution in [0.15, 0.2) is 0 Å². The minimum Gasteiger partial charge on any atom is -0.303 e. The Morgan fingerprint density at radius 1 is 1.56 bits per heavy atom. The molecule has 0 saturated heterocycles. The van der Waals surface area contributed by atoms with Crippen LogP contribution in [-0.4, -0.2) is 30.7 Å². The lowest BCUT2D eigenvalue weighted by Crippen LogP contribution is -2.43. The smallest absolute Gasteiger partial charge is 0.103 e. The van der Waals surface area contributed by atoms with E-state index in [1.807, 2.05) is 0 Å². The second kappa shape index (κ2) is 2.65. The van der Waals surface area contributed by atoms with Crippen LogP contribution < -0.4 is 0 Å². The fourth-order valence-corrected chi connectivity index (χ4v) is 1.14. The van der Waals surface area contributed by atoms with Gasteiger partial charge in [-0.2, -0.15) is 0 Å². The van der Waals surface area contributed by atoms with Gasteiger partial charge in [0, 0.05) is 6.04 Å². The van der Waals surface area contributed by atoms with Gasteiger partial charge in [-0.05, 0) is 26.4 Å². The number of alkyl halides is 1. The fourth-order valence-electron chi connectivity index (χ4n) is 1.14. The highest BCUT2D eigenvalue weighted by molar-refractivity contribution is 4.85. The van der Waals surface area contributed by atoms with Crippen molar-refractivity contribution in [2.45, 2.75) is 32.0 Å². The Balaban J connectivity index is 2.15. The fraction of sp³-hybridized carbons (Fsp3) is 1.00. The van der Waals surface area contributed by atoms with Crippen LogP contribution >= 0.6 is 0 Å². The summed E-state index contributed by atoms with van der Waals surface area (Å²) in [6.45, 7) is 3.14. The monoisotopic (exact) mass is 131 g/mol. The van der Waals surface area contributed by atoms with E-state index in [2.05, 4.69) is 18.9 Å². The Hall–Kier alpha value is -0.110. The number of hydrogen-bond acceptors (Lipinski definition) is 1. The Morgan fingerprint density at radius 3 is 2.44 bits per heavy atom. The summed E-state index contributed by atoms with van der Waals surface area (Å²) >= 11 is 0. The molecule has 0 aliphatic heterocycles. The summed E-state index contributed by atoms with van der Waals surface area (Å²) in [5, 5.41) is 0. The lowest BCUT2D eigenvalue weighted by molar-refractivity contribution is 0.0752. The largest absolute Gasteiger partial charge is 0.303 e. The highest BCUT2D eigenvalue weighted by Gasteiger charge is 2.30. The van der Waals surface area contributed by atoms with Crippen molar-refractivity contribution in [3.63, 3.8) is 0 Å². The van der Waals surface area contributed by atoms with E-state index < -0.39 is 6.17 Å². The van der Waals surface area contributed by atoms with Gasteiger partial charge in [0.1, 0.15) is 6.17 Å². The van der Waals surface area contributed by atoms with Crippen molar-refractivity contribution in [1.29, 1.82) is 0 Å². The van der Waals surface area contributed by atoms with Crippen LogP contribution in [0, 0.1) is 0 Å². The molecule has 0 heterocycles. The van der Waals surface area contributed by atoms with Crippen molar-refractivity contribution in [3.05, 3.63) is 0 Å². The first kappa shape index (κ1) is 7.00. The third-order valence-electron chi connectivity index (χ3n) is 2.18. The highest BCUT2D eigenvalue weighted by Crippen LogP contribution is 2.26. The van der Waals surface area contributed by atoms with Crippen LogP contribution in [0.1, 0.15) is 19.8 Å². The van der Waals surface area contributed by atoms with Gasteiger partial charge in [0.25, 0.3) is 0 Å². The average molecular weight is 131 g/mol. The SMILES string of the molecule is CCN(C)C1CC(F)C1. The second-order valence-electron chi connectivity index (χ2n) is 2.80. The number of hydrogen-bond donors (Lipinski definition) is 0. The molecule has 1 saturated carbocycles. The molecule has 0 radical (unpaired) electrons. The van der Waals surface area contributed by atoms with Crippen molar-refractivity contribution < 1.29 is 4.39 Å². The molecule has 0 N–H and O–H groups in total. The summed E-state index contributed by atoms with van der Waals surface area (Å²) in [5.74, 6) is 0. The van der Waals surface area contributed by atoms with Crippen LogP contribution in [0.4, 0.5) is 4.39 Å². The van der Waals surface area contributed by atoms with Crippen molar-refractivity contribution >= 4 is 0 Å². The van der Waals surface area contributed by atoms with Crippen LogP contribution in [0.25, 0.3) is 0 Å². The van der Waals surface area contributed by atoms with Gasteiger partial charge in [-0.25, -0.2) is 4.39 Å². The van der Waals surface area contributed by atoms with Crippen molar-refractivity contribution in [1.82, 2.24) is 4.90 Å². The zero-order valence-electron chi connectivity index (χ0n) is 6.10. The molecule has 1 nitrogen and oxygen atoms in total. The second-order valence-corrected chi connectivity index (χ2v) is 2.80. The van der Waals surface area contributed by atoms with Gasteiger partial charge < -0.3 is 4.90 Å². The molecule has 0 bridgehead atoms. The van der Waals surface area contributed by atoms with Crippen LogP contribution in [0.2, 0.25) is 0 Å². The molecule has 1 aliphatic carbocycles. The Kier molecular flexibility index (Phi) is 2.06. The summed E-state index contributed by atoms with van der Waals surface area (Å²) < 4.78 is 12.2. The molecule has 0 spiro atoms. The van der Waals surface area contributed by atoms with E-state index in [0.717, 1.165) is 19.4 Å². The molecule has 54 valence electrons. The van der Waals surface area contributed by atoms with Crippen LogP contribution in [0.3, 0.4) is 0 Å². The summed E-state index contributed by atoms with van der Waals surface area (Å²) in [6.07, 6.45) is 0.998. The predicted molar refractivity (Wildman–Crippen MR) is 36.2 cm³/mol. The molecule has 2 heteroatoms. The number of rotatable bonds is 2. The van der Waals surface area contributed by atoms with Gasteiger partial charge in [0.2, 0.25) is 0 Å². The molecule has 0 aromatic rings. The van der Waals surface area contributed by atoms with E-state index in [-0.39, 0.29) is 0 Å². The standard InChI is InChI=1S/C7H14FN/c1-3-9(2)7-4-6(8)5-7/h6-7H,3-5H2,1-2H3. The lowest BCUT2D eigenvalue weighted by atomic mass is 9.90.